The van der Waals surface area contributed by atoms with Crippen LogP contribution in [0.15, 0.2) is 23.1 Å². The second-order valence-corrected chi connectivity index (χ2v) is 6.98. The number of thioether (sulfide) groups is 1. The summed E-state index contributed by atoms with van der Waals surface area (Å²) in [5.74, 6) is 0.652. The van der Waals surface area contributed by atoms with Gasteiger partial charge in [0.1, 0.15) is 5.54 Å². The predicted octanol–water partition coefficient (Wildman–Crippen LogP) is 2.27. The number of benzene rings is 1. The van der Waals surface area contributed by atoms with Gasteiger partial charge in [0.25, 0.3) is 0 Å². The van der Waals surface area contributed by atoms with E-state index in [1.165, 1.54) is 0 Å². The van der Waals surface area contributed by atoms with Crippen LogP contribution in [0, 0.1) is 0 Å². The van der Waals surface area contributed by atoms with Crippen LogP contribution in [0.25, 0.3) is 0 Å². The number of carbonyl (C=O) groups is 1. The molecular formula is C15H19NO4S. The quantitative estimate of drug-likeness (QED) is 0.891. The van der Waals surface area contributed by atoms with Crippen molar-refractivity contribution in [1.82, 2.24) is 0 Å². The molecule has 0 spiro atoms. The summed E-state index contributed by atoms with van der Waals surface area (Å²) >= 11 is 1.67. The number of aliphatic carboxylic acids is 1. The van der Waals surface area contributed by atoms with E-state index in [1.807, 2.05) is 18.2 Å². The van der Waals surface area contributed by atoms with E-state index in [-0.39, 0.29) is 5.25 Å². The number of hydrogen-bond donors (Lipinski definition) is 2. The largest absolute Gasteiger partial charge is 0.490 e. The standard InChI is InChI=1S/C15H19NO4S/c16-15(14(17)18)5-4-11(9-15)21-10-2-3-12-13(8-10)20-7-1-6-19-12/h2-3,8,11H,1,4-7,9,16H2,(H,17,18). The average Bonchev–Trinajstić information content (AvgIpc) is 2.70. The van der Waals surface area contributed by atoms with Crippen LogP contribution in [0.3, 0.4) is 0 Å². The lowest BCUT2D eigenvalue weighted by Crippen LogP contribution is -2.45. The van der Waals surface area contributed by atoms with Crippen molar-refractivity contribution in [1.29, 1.82) is 0 Å². The average molecular weight is 309 g/mol. The van der Waals surface area contributed by atoms with Crippen LogP contribution in [0.4, 0.5) is 0 Å². The monoisotopic (exact) mass is 309 g/mol. The smallest absolute Gasteiger partial charge is 0.323 e. The minimum atomic E-state index is -1.07. The molecule has 1 aromatic rings. The fourth-order valence-electron chi connectivity index (χ4n) is 2.73. The van der Waals surface area contributed by atoms with Crippen LogP contribution in [-0.4, -0.2) is 35.1 Å². The van der Waals surface area contributed by atoms with Crippen molar-refractivity contribution in [2.45, 2.75) is 41.4 Å². The number of fused-ring (bicyclic) bond motifs is 1. The molecule has 3 rings (SSSR count). The summed E-state index contributed by atoms with van der Waals surface area (Å²) < 4.78 is 11.3. The Labute approximate surface area is 127 Å². The van der Waals surface area contributed by atoms with Crippen molar-refractivity contribution in [3.05, 3.63) is 18.2 Å². The molecule has 2 atom stereocenters. The van der Waals surface area contributed by atoms with Gasteiger partial charge < -0.3 is 20.3 Å². The number of rotatable bonds is 3. The van der Waals surface area contributed by atoms with Crippen molar-refractivity contribution >= 4 is 17.7 Å². The van der Waals surface area contributed by atoms with Gasteiger partial charge >= 0.3 is 5.97 Å². The van der Waals surface area contributed by atoms with Crippen LogP contribution in [-0.2, 0) is 4.79 Å². The topological polar surface area (TPSA) is 81.8 Å². The lowest BCUT2D eigenvalue weighted by molar-refractivity contribution is -0.143. The Bertz CT molecular complexity index is 550. The normalized spacial score (nSPS) is 28.1. The summed E-state index contributed by atoms with van der Waals surface area (Å²) in [5, 5.41) is 9.41. The molecule has 0 aromatic heterocycles. The molecule has 5 nitrogen and oxygen atoms in total. The number of carboxylic acid groups (broad SMARTS) is 1. The van der Waals surface area contributed by atoms with Crippen molar-refractivity contribution in [3.63, 3.8) is 0 Å². The van der Waals surface area contributed by atoms with Gasteiger partial charge in [-0.25, -0.2) is 0 Å². The minimum absolute atomic E-state index is 0.232. The first-order valence-electron chi connectivity index (χ1n) is 7.15. The molecule has 21 heavy (non-hydrogen) atoms. The highest BCUT2D eigenvalue weighted by Gasteiger charge is 2.42. The van der Waals surface area contributed by atoms with Crippen LogP contribution in [0.1, 0.15) is 25.7 Å². The molecule has 6 heteroatoms. The van der Waals surface area contributed by atoms with Gasteiger partial charge in [0, 0.05) is 16.6 Å². The molecule has 1 fully saturated rings. The summed E-state index contributed by atoms with van der Waals surface area (Å²) in [6, 6.07) is 5.89. The number of hydrogen-bond acceptors (Lipinski definition) is 5. The van der Waals surface area contributed by atoms with Gasteiger partial charge in [-0.15, -0.1) is 11.8 Å². The second kappa shape index (κ2) is 5.77. The summed E-state index contributed by atoms with van der Waals surface area (Å²) in [4.78, 5) is 12.2. The van der Waals surface area contributed by atoms with E-state index in [0.29, 0.717) is 26.1 Å². The van der Waals surface area contributed by atoms with E-state index >= 15 is 0 Å². The van der Waals surface area contributed by atoms with E-state index in [9.17, 15) is 9.90 Å². The van der Waals surface area contributed by atoms with Gasteiger partial charge in [-0.2, -0.15) is 0 Å². The van der Waals surface area contributed by atoms with Crippen molar-refractivity contribution in [2.75, 3.05) is 13.2 Å². The third kappa shape index (κ3) is 3.11. The summed E-state index contributed by atoms with van der Waals surface area (Å²) in [6.07, 6.45) is 2.74. The Kier molecular flexibility index (Phi) is 3.99. The summed E-state index contributed by atoms with van der Waals surface area (Å²) in [5.41, 5.74) is 4.85. The Balaban J connectivity index is 1.69. The van der Waals surface area contributed by atoms with Crippen LogP contribution in [0.2, 0.25) is 0 Å². The highest BCUT2D eigenvalue weighted by Crippen LogP contribution is 2.41. The van der Waals surface area contributed by atoms with E-state index in [0.717, 1.165) is 29.2 Å². The molecule has 3 N–H and O–H groups in total. The van der Waals surface area contributed by atoms with Gasteiger partial charge in [0.2, 0.25) is 0 Å². The maximum Gasteiger partial charge on any atom is 0.323 e. The zero-order valence-corrected chi connectivity index (χ0v) is 12.5. The van der Waals surface area contributed by atoms with Crippen LogP contribution < -0.4 is 15.2 Å². The van der Waals surface area contributed by atoms with Gasteiger partial charge in [-0.1, -0.05) is 0 Å². The maximum atomic E-state index is 11.2. The SMILES string of the molecule is NC1(C(=O)O)CCC(Sc2ccc3c(c2)OCCCO3)C1. The van der Waals surface area contributed by atoms with Gasteiger partial charge in [-0.05, 0) is 37.5 Å². The molecule has 0 radical (unpaired) electrons. The summed E-state index contributed by atoms with van der Waals surface area (Å²) in [6.45, 7) is 1.34. The van der Waals surface area contributed by atoms with Crippen LogP contribution in [0.5, 0.6) is 11.5 Å². The number of ether oxygens (including phenoxy) is 2. The fraction of sp³-hybridized carbons (Fsp3) is 0.533. The minimum Gasteiger partial charge on any atom is -0.490 e. The highest BCUT2D eigenvalue weighted by molar-refractivity contribution is 8.00. The molecule has 2 unspecified atom stereocenters. The first kappa shape index (κ1) is 14.5. The van der Waals surface area contributed by atoms with E-state index < -0.39 is 11.5 Å². The molecule has 0 amide bonds. The van der Waals surface area contributed by atoms with E-state index in [2.05, 4.69) is 0 Å². The predicted molar refractivity (Wildman–Crippen MR) is 80.1 cm³/mol. The van der Waals surface area contributed by atoms with Gasteiger partial charge in [0.15, 0.2) is 11.5 Å². The Morgan fingerprint density at radius 1 is 1.33 bits per heavy atom. The van der Waals surface area contributed by atoms with E-state index in [4.69, 9.17) is 15.2 Å². The van der Waals surface area contributed by atoms with Crippen molar-refractivity contribution < 1.29 is 19.4 Å². The molecule has 1 aliphatic heterocycles. The summed E-state index contributed by atoms with van der Waals surface area (Å²) in [7, 11) is 0. The first-order chi connectivity index (χ1) is 10.1. The first-order valence-corrected chi connectivity index (χ1v) is 8.03. The van der Waals surface area contributed by atoms with Gasteiger partial charge in [-0.3, -0.25) is 4.79 Å². The Morgan fingerprint density at radius 2 is 2.10 bits per heavy atom. The lowest BCUT2D eigenvalue weighted by Gasteiger charge is -2.18. The molecule has 1 aliphatic carbocycles. The molecule has 1 aromatic carbocycles. The number of carboxylic acids is 1. The Hall–Kier alpha value is -1.40. The third-order valence-electron chi connectivity index (χ3n) is 3.95. The molecule has 2 aliphatic rings. The van der Waals surface area contributed by atoms with E-state index in [1.54, 1.807) is 11.8 Å². The fourth-order valence-corrected chi connectivity index (χ4v) is 4.06. The molecule has 1 heterocycles. The zero-order valence-electron chi connectivity index (χ0n) is 11.7. The zero-order chi connectivity index (χ0) is 14.9. The molecule has 0 bridgehead atoms. The number of nitrogens with two attached hydrogens (primary N) is 1. The Morgan fingerprint density at radius 3 is 2.81 bits per heavy atom. The molecule has 114 valence electrons. The molecular weight excluding hydrogens is 290 g/mol. The maximum absolute atomic E-state index is 11.2. The van der Waals surface area contributed by atoms with Crippen LogP contribution >= 0.6 is 11.8 Å². The van der Waals surface area contributed by atoms with Gasteiger partial charge in [0.05, 0.1) is 13.2 Å². The molecule has 1 saturated carbocycles. The van der Waals surface area contributed by atoms with Crippen molar-refractivity contribution in [2.24, 2.45) is 5.73 Å². The molecule has 0 saturated heterocycles. The van der Waals surface area contributed by atoms with Crippen molar-refractivity contribution in [3.8, 4) is 11.5 Å². The second-order valence-electron chi connectivity index (χ2n) is 5.60. The lowest BCUT2D eigenvalue weighted by atomic mass is 10.0. The highest BCUT2D eigenvalue weighted by atomic mass is 32.2. The third-order valence-corrected chi connectivity index (χ3v) is 5.21.